The van der Waals surface area contributed by atoms with Crippen molar-refractivity contribution in [1.82, 2.24) is 14.5 Å². The van der Waals surface area contributed by atoms with E-state index in [9.17, 15) is 17.1 Å². The lowest BCUT2D eigenvalue weighted by Crippen LogP contribution is -2.11. The minimum atomic E-state index is -4.89. The monoisotopic (exact) mass is 471 g/mol. The Kier molecular flexibility index (Phi) is 4.26. The number of H-pyrrole nitrogens is 1. The van der Waals surface area contributed by atoms with Crippen LogP contribution in [0.1, 0.15) is 30.0 Å². The molecule has 168 valence electrons. The number of aromatic nitrogens is 3. The third-order valence-corrected chi connectivity index (χ3v) is 7.26. The van der Waals surface area contributed by atoms with E-state index >= 15 is 0 Å². The van der Waals surface area contributed by atoms with Gasteiger partial charge >= 0.3 is 10.2 Å². The number of hydrogen-bond donors (Lipinski definition) is 1. The first-order valence-electron chi connectivity index (χ1n) is 10.8. The van der Waals surface area contributed by atoms with Crippen LogP contribution in [-0.4, -0.2) is 23.0 Å². The lowest BCUT2D eigenvalue weighted by Gasteiger charge is -2.15. The molecule has 1 aliphatic rings. The van der Waals surface area contributed by atoms with Gasteiger partial charge in [-0.05, 0) is 61.2 Å². The zero-order valence-corrected chi connectivity index (χ0v) is 18.9. The number of rotatable bonds is 3. The Morgan fingerprint density at radius 2 is 1.94 bits per heavy atom. The highest BCUT2D eigenvalue weighted by Gasteiger charge is 2.29. The number of benzene rings is 2. The van der Waals surface area contributed by atoms with Gasteiger partial charge in [-0.3, -0.25) is 9.78 Å². The fraction of sp³-hybridized carbons (Fsp3) is 0.154. The number of halogens is 1. The first-order valence-corrected chi connectivity index (χ1v) is 12.2. The number of fused-ring (bicyclic) bond motifs is 4. The standard InChI is InChI=1S/C26H18FN3O3S/c1-3-15-4-7-19-22(9-15)29-26-24(19)25(31)21-8-14(2)20(11-23(21)30(26)17-5-6-17)16-10-18(13-28-12-16)34(27,32)33/h1,4,7-13,17,29H,5-6H2,2H3. The fourth-order valence-electron chi connectivity index (χ4n) is 4.74. The van der Waals surface area contributed by atoms with Crippen LogP contribution in [0, 0.1) is 19.3 Å². The normalized spacial score (nSPS) is 14.1. The summed E-state index contributed by atoms with van der Waals surface area (Å²) in [6.07, 6.45) is 10.0. The quantitative estimate of drug-likeness (QED) is 0.297. The molecule has 1 saturated carbocycles. The van der Waals surface area contributed by atoms with Gasteiger partial charge in [0.05, 0.1) is 10.9 Å². The zero-order chi connectivity index (χ0) is 23.8. The van der Waals surface area contributed by atoms with E-state index in [0.717, 1.165) is 52.2 Å². The molecule has 0 atom stereocenters. The van der Waals surface area contributed by atoms with Crippen molar-refractivity contribution in [2.24, 2.45) is 0 Å². The highest BCUT2D eigenvalue weighted by Crippen LogP contribution is 2.41. The summed E-state index contributed by atoms with van der Waals surface area (Å²) in [4.78, 5) is 20.5. The average Bonchev–Trinajstić information content (AvgIpc) is 3.57. The molecule has 34 heavy (non-hydrogen) atoms. The number of nitrogens with one attached hydrogen (secondary N) is 1. The van der Waals surface area contributed by atoms with Crippen LogP contribution in [0.2, 0.25) is 0 Å². The summed E-state index contributed by atoms with van der Waals surface area (Å²) < 4.78 is 38.6. The Labute approximate surface area is 194 Å². The predicted octanol–water partition coefficient (Wildman–Crippen LogP) is 4.98. The van der Waals surface area contributed by atoms with E-state index in [-0.39, 0.29) is 11.5 Å². The molecule has 3 heterocycles. The number of pyridine rings is 2. The maximum atomic E-state index is 13.7. The molecule has 6 rings (SSSR count). The third-order valence-electron chi connectivity index (χ3n) is 6.48. The van der Waals surface area contributed by atoms with Gasteiger partial charge < -0.3 is 9.55 Å². The van der Waals surface area contributed by atoms with Gasteiger partial charge in [0.1, 0.15) is 10.5 Å². The van der Waals surface area contributed by atoms with Gasteiger partial charge in [-0.15, -0.1) is 10.3 Å². The van der Waals surface area contributed by atoms with Crippen LogP contribution in [-0.2, 0) is 10.2 Å². The van der Waals surface area contributed by atoms with E-state index in [4.69, 9.17) is 6.42 Å². The van der Waals surface area contributed by atoms with Gasteiger partial charge in [0.2, 0.25) is 0 Å². The van der Waals surface area contributed by atoms with Crippen molar-refractivity contribution in [2.45, 2.75) is 30.7 Å². The zero-order valence-electron chi connectivity index (χ0n) is 18.1. The van der Waals surface area contributed by atoms with Crippen LogP contribution in [0.3, 0.4) is 0 Å². The predicted molar refractivity (Wildman–Crippen MR) is 130 cm³/mol. The van der Waals surface area contributed by atoms with Crippen molar-refractivity contribution >= 4 is 43.1 Å². The molecule has 5 aromatic rings. The maximum absolute atomic E-state index is 13.7. The van der Waals surface area contributed by atoms with Crippen molar-refractivity contribution < 1.29 is 12.3 Å². The lowest BCUT2D eigenvalue weighted by molar-refractivity contribution is 0.551. The molecule has 2 aromatic carbocycles. The topological polar surface area (TPSA) is 84.8 Å². The molecular weight excluding hydrogens is 453 g/mol. The fourth-order valence-corrected chi connectivity index (χ4v) is 5.19. The molecule has 3 aromatic heterocycles. The van der Waals surface area contributed by atoms with Crippen LogP contribution in [0.4, 0.5) is 3.89 Å². The SMILES string of the molecule is C#Cc1ccc2c(c1)[nH]c1c2c(=O)c2cc(C)c(-c3cncc(S(=O)(=O)F)c3)cc2n1C1CC1. The number of nitrogens with zero attached hydrogens (tertiary/aromatic N) is 2. The minimum absolute atomic E-state index is 0.0885. The van der Waals surface area contributed by atoms with Crippen molar-refractivity contribution in [2.75, 3.05) is 0 Å². The maximum Gasteiger partial charge on any atom is 0.333 e. The molecule has 0 saturated heterocycles. The third kappa shape index (κ3) is 3.05. The summed E-state index contributed by atoms with van der Waals surface area (Å²) in [6, 6.07) is 10.8. The van der Waals surface area contributed by atoms with Crippen LogP contribution in [0.5, 0.6) is 0 Å². The number of hydrogen-bond acceptors (Lipinski definition) is 4. The van der Waals surface area contributed by atoms with Crippen molar-refractivity contribution in [3.05, 3.63) is 70.1 Å². The number of aromatic amines is 1. The van der Waals surface area contributed by atoms with Crippen LogP contribution >= 0.6 is 0 Å². The lowest BCUT2D eigenvalue weighted by atomic mass is 9.98. The van der Waals surface area contributed by atoms with Gasteiger partial charge in [0.25, 0.3) is 0 Å². The molecule has 8 heteroatoms. The van der Waals surface area contributed by atoms with Crippen LogP contribution in [0.15, 0.2) is 58.5 Å². The van der Waals surface area contributed by atoms with E-state index in [2.05, 4.69) is 20.5 Å². The number of aryl methyl sites for hydroxylation is 1. The molecule has 0 amide bonds. The second-order valence-electron chi connectivity index (χ2n) is 8.72. The van der Waals surface area contributed by atoms with Crippen LogP contribution in [0.25, 0.3) is 44.0 Å². The van der Waals surface area contributed by atoms with E-state index < -0.39 is 15.1 Å². The van der Waals surface area contributed by atoms with Crippen molar-refractivity contribution in [1.29, 1.82) is 0 Å². The van der Waals surface area contributed by atoms with Gasteiger partial charge in [-0.25, -0.2) is 0 Å². The largest absolute Gasteiger partial charge is 0.340 e. The van der Waals surface area contributed by atoms with Gasteiger partial charge in [0, 0.05) is 45.9 Å². The first-order chi connectivity index (χ1) is 16.3. The summed E-state index contributed by atoms with van der Waals surface area (Å²) in [7, 11) is -4.89. The molecule has 1 N–H and O–H groups in total. The van der Waals surface area contributed by atoms with Gasteiger partial charge in [-0.2, -0.15) is 8.42 Å². The highest BCUT2D eigenvalue weighted by atomic mass is 32.3. The average molecular weight is 472 g/mol. The van der Waals surface area contributed by atoms with E-state index in [1.807, 2.05) is 37.3 Å². The molecule has 1 aliphatic carbocycles. The number of terminal acetylenes is 1. The minimum Gasteiger partial charge on any atom is -0.340 e. The second-order valence-corrected chi connectivity index (χ2v) is 10.1. The summed E-state index contributed by atoms with van der Waals surface area (Å²) in [5, 5.41) is 2.02. The Morgan fingerprint density at radius 3 is 2.65 bits per heavy atom. The molecule has 0 spiro atoms. The molecular formula is C26H18FN3O3S. The summed E-state index contributed by atoms with van der Waals surface area (Å²) in [5.41, 5.74) is 4.81. The Hall–Kier alpha value is -3.96. The summed E-state index contributed by atoms with van der Waals surface area (Å²) in [6.45, 7) is 1.84. The molecule has 1 fully saturated rings. The molecule has 0 radical (unpaired) electrons. The second kappa shape index (κ2) is 7.02. The molecule has 0 unspecified atom stereocenters. The molecule has 0 aliphatic heterocycles. The smallest absolute Gasteiger partial charge is 0.333 e. The van der Waals surface area contributed by atoms with E-state index in [0.29, 0.717) is 21.9 Å². The Balaban J connectivity index is 1.72. The molecule has 0 bridgehead atoms. The summed E-state index contributed by atoms with van der Waals surface area (Å²) >= 11 is 0. The molecule has 6 nitrogen and oxygen atoms in total. The van der Waals surface area contributed by atoms with Crippen molar-refractivity contribution in [3.8, 4) is 23.5 Å². The van der Waals surface area contributed by atoms with E-state index in [1.165, 1.54) is 12.3 Å². The summed E-state index contributed by atoms with van der Waals surface area (Å²) in [5.74, 6) is 2.63. The first kappa shape index (κ1) is 20.6. The van der Waals surface area contributed by atoms with Gasteiger partial charge in [0.15, 0.2) is 5.43 Å². The highest BCUT2D eigenvalue weighted by molar-refractivity contribution is 7.86. The van der Waals surface area contributed by atoms with E-state index in [1.54, 1.807) is 0 Å². The Morgan fingerprint density at radius 1 is 1.15 bits per heavy atom. The van der Waals surface area contributed by atoms with Crippen LogP contribution < -0.4 is 5.43 Å². The Bertz CT molecular complexity index is 1890. The van der Waals surface area contributed by atoms with Crippen molar-refractivity contribution in [3.63, 3.8) is 0 Å². The van der Waals surface area contributed by atoms with Gasteiger partial charge in [-0.1, -0.05) is 12.0 Å².